The predicted octanol–water partition coefficient (Wildman–Crippen LogP) is 3.91. The third kappa shape index (κ3) is 3.38. The minimum Gasteiger partial charge on any atom is -0.506 e. The van der Waals surface area contributed by atoms with Gasteiger partial charge in [-0.2, -0.15) is 0 Å². The summed E-state index contributed by atoms with van der Waals surface area (Å²) >= 11 is 6.86. The number of primary amides is 1. The van der Waals surface area contributed by atoms with Crippen LogP contribution in [0, 0.1) is 11.6 Å². The molecule has 0 aliphatic rings. The highest BCUT2D eigenvalue weighted by Crippen LogP contribution is 2.41. The number of hydrogen-bond acceptors (Lipinski definition) is 5. The summed E-state index contributed by atoms with van der Waals surface area (Å²) in [7, 11) is 0. The molecule has 0 radical (unpaired) electrons. The van der Waals surface area contributed by atoms with E-state index in [9.17, 15) is 28.6 Å². The number of carboxylic acids is 1. The van der Waals surface area contributed by atoms with E-state index in [1.54, 1.807) is 0 Å². The summed E-state index contributed by atoms with van der Waals surface area (Å²) in [6.07, 6.45) is 0. The van der Waals surface area contributed by atoms with E-state index in [-0.39, 0.29) is 36.9 Å². The predicted molar refractivity (Wildman–Crippen MR) is 94.7 cm³/mol. The second-order valence-electron chi connectivity index (χ2n) is 5.41. The fraction of sp³-hybridized carbons (Fsp3) is 0.0588. The molecule has 4 N–H and O–H groups in total. The molecular formula is C17H10ClF2NO5S. The zero-order valence-corrected chi connectivity index (χ0v) is 14.8. The molecule has 0 fully saturated rings. The maximum atomic E-state index is 14.1. The Morgan fingerprint density at radius 3 is 2.41 bits per heavy atom. The van der Waals surface area contributed by atoms with Gasteiger partial charge in [0, 0.05) is 21.5 Å². The molecule has 3 aromatic rings. The van der Waals surface area contributed by atoms with Gasteiger partial charge in [0.05, 0.1) is 4.70 Å². The number of carbonyl (C=O) groups is 2. The van der Waals surface area contributed by atoms with Crippen molar-refractivity contribution in [3.05, 3.63) is 56.9 Å². The topological polar surface area (TPSA) is 110 Å². The molecule has 0 saturated heterocycles. The lowest BCUT2D eigenvalue weighted by Gasteiger charge is -2.10. The fourth-order valence-corrected chi connectivity index (χ4v) is 3.92. The van der Waals surface area contributed by atoms with Crippen molar-refractivity contribution in [3.63, 3.8) is 0 Å². The van der Waals surface area contributed by atoms with Crippen molar-refractivity contribution in [2.45, 2.75) is 6.61 Å². The smallest absolute Gasteiger partial charge is 0.346 e. The third-order valence-electron chi connectivity index (χ3n) is 3.70. The van der Waals surface area contributed by atoms with Crippen molar-refractivity contribution in [1.82, 2.24) is 0 Å². The lowest BCUT2D eigenvalue weighted by molar-refractivity contribution is 0.0699. The number of aromatic hydroxyl groups is 1. The Balaban J connectivity index is 2.06. The number of nitrogens with two attached hydrogens (primary N) is 1. The molecule has 0 unspecified atom stereocenters. The second-order valence-corrected chi connectivity index (χ2v) is 6.84. The minimum absolute atomic E-state index is 0.0566. The van der Waals surface area contributed by atoms with Gasteiger partial charge in [0.1, 0.15) is 17.2 Å². The van der Waals surface area contributed by atoms with Crippen LogP contribution in [0.5, 0.6) is 11.5 Å². The second kappa shape index (κ2) is 7.01. The Labute approximate surface area is 159 Å². The van der Waals surface area contributed by atoms with Crippen LogP contribution in [-0.4, -0.2) is 22.1 Å². The van der Waals surface area contributed by atoms with Gasteiger partial charge in [0.25, 0.3) is 0 Å². The van der Waals surface area contributed by atoms with Crippen LogP contribution in [-0.2, 0) is 6.61 Å². The van der Waals surface area contributed by atoms with E-state index in [2.05, 4.69) is 0 Å². The molecule has 0 aliphatic carbocycles. The van der Waals surface area contributed by atoms with Crippen LogP contribution in [0.2, 0.25) is 5.02 Å². The zero-order chi connectivity index (χ0) is 19.9. The van der Waals surface area contributed by atoms with Crippen molar-refractivity contribution in [2.24, 2.45) is 5.73 Å². The number of thiophene rings is 1. The van der Waals surface area contributed by atoms with E-state index in [1.807, 2.05) is 0 Å². The quantitative estimate of drug-likeness (QED) is 0.587. The van der Waals surface area contributed by atoms with E-state index in [0.717, 1.165) is 11.3 Å². The number of carboxylic acid groups (broad SMARTS) is 1. The monoisotopic (exact) mass is 413 g/mol. The van der Waals surface area contributed by atoms with Crippen LogP contribution in [0.3, 0.4) is 0 Å². The first-order chi connectivity index (χ1) is 12.7. The molecule has 1 amide bonds. The molecule has 3 rings (SSSR count). The SMILES string of the molecule is NC(=O)c1cc(F)c(OCc2c(C(=O)O)sc3c(O)ccc(Cl)c23)c(F)c1. The average Bonchev–Trinajstić information content (AvgIpc) is 2.98. The van der Waals surface area contributed by atoms with Crippen LogP contribution in [0.1, 0.15) is 25.6 Å². The highest BCUT2D eigenvalue weighted by molar-refractivity contribution is 7.21. The Kier molecular flexibility index (Phi) is 4.90. The number of hydrogen-bond donors (Lipinski definition) is 3. The van der Waals surface area contributed by atoms with Crippen molar-refractivity contribution < 1.29 is 33.3 Å². The van der Waals surface area contributed by atoms with Crippen molar-refractivity contribution in [3.8, 4) is 11.5 Å². The Morgan fingerprint density at radius 1 is 1.22 bits per heavy atom. The first kappa shape index (κ1) is 18.9. The van der Waals surface area contributed by atoms with E-state index in [1.165, 1.54) is 12.1 Å². The molecule has 0 atom stereocenters. The molecule has 0 aliphatic heterocycles. The molecule has 6 nitrogen and oxygen atoms in total. The van der Waals surface area contributed by atoms with Crippen LogP contribution >= 0.6 is 22.9 Å². The highest BCUT2D eigenvalue weighted by Gasteiger charge is 2.23. The molecule has 2 aromatic carbocycles. The van der Waals surface area contributed by atoms with Gasteiger partial charge in [-0.15, -0.1) is 11.3 Å². The number of aromatic carboxylic acids is 1. The van der Waals surface area contributed by atoms with Crippen LogP contribution in [0.25, 0.3) is 10.1 Å². The standard InChI is InChI=1S/C17H10ClF2NO5S/c18-8-1-2-11(22)15-12(8)7(14(27-15)17(24)25)5-26-13-9(19)3-6(16(21)23)4-10(13)20/h1-4,22H,5H2,(H2,21,23)(H,24,25). The number of rotatable bonds is 5. The van der Waals surface area contributed by atoms with Crippen molar-refractivity contribution in [1.29, 1.82) is 0 Å². The number of benzene rings is 2. The maximum absolute atomic E-state index is 14.1. The lowest BCUT2D eigenvalue weighted by Crippen LogP contribution is -2.12. The van der Waals surface area contributed by atoms with Crippen LogP contribution in [0.4, 0.5) is 8.78 Å². The normalized spacial score (nSPS) is 10.9. The number of ether oxygens (including phenoxy) is 1. The van der Waals surface area contributed by atoms with Gasteiger partial charge < -0.3 is 20.7 Å². The van der Waals surface area contributed by atoms with Gasteiger partial charge in [-0.05, 0) is 24.3 Å². The van der Waals surface area contributed by atoms with Gasteiger partial charge in [0.15, 0.2) is 17.4 Å². The molecular weight excluding hydrogens is 404 g/mol. The molecule has 27 heavy (non-hydrogen) atoms. The zero-order valence-electron chi connectivity index (χ0n) is 13.3. The molecule has 140 valence electrons. The summed E-state index contributed by atoms with van der Waals surface area (Å²) in [5, 5.41) is 19.7. The van der Waals surface area contributed by atoms with Gasteiger partial charge in [-0.3, -0.25) is 4.79 Å². The number of amides is 1. The van der Waals surface area contributed by atoms with E-state index < -0.39 is 35.9 Å². The molecule has 0 spiro atoms. The van der Waals surface area contributed by atoms with Crippen LogP contribution < -0.4 is 10.5 Å². The largest absolute Gasteiger partial charge is 0.506 e. The maximum Gasteiger partial charge on any atom is 0.346 e. The number of phenolic OH excluding ortho intramolecular Hbond substituents is 1. The fourth-order valence-electron chi connectivity index (χ4n) is 2.50. The number of carbonyl (C=O) groups excluding carboxylic acids is 1. The van der Waals surface area contributed by atoms with E-state index >= 15 is 0 Å². The van der Waals surface area contributed by atoms with Gasteiger partial charge in [0.2, 0.25) is 5.91 Å². The number of phenols is 1. The van der Waals surface area contributed by atoms with Gasteiger partial charge in [-0.1, -0.05) is 11.6 Å². The summed E-state index contributed by atoms with van der Waals surface area (Å²) in [6, 6.07) is 4.09. The Morgan fingerprint density at radius 2 is 1.85 bits per heavy atom. The summed E-state index contributed by atoms with van der Waals surface area (Å²) in [4.78, 5) is 22.4. The summed E-state index contributed by atoms with van der Waals surface area (Å²) in [5.41, 5.74) is 4.66. The summed E-state index contributed by atoms with van der Waals surface area (Å²) in [6.45, 7) is -0.533. The Bertz CT molecular complexity index is 1080. The lowest BCUT2D eigenvalue weighted by atomic mass is 10.1. The first-order valence-electron chi connectivity index (χ1n) is 7.28. The number of halogens is 3. The van der Waals surface area contributed by atoms with Gasteiger partial charge >= 0.3 is 5.97 Å². The summed E-state index contributed by atoms with van der Waals surface area (Å²) < 4.78 is 33.5. The number of fused-ring (bicyclic) bond motifs is 1. The minimum atomic E-state index is -1.31. The van der Waals surface area contributed by atoms with Gasteiger partial charge in [-0.25, -0.2) is 13.6 Å². The average molecular weight is 414 g/mol. The third-order valence-corrected chi connectivity index (χ3v) is 5.26. The van der Waals surface area contributed by atoms with Crippen molar-refractivity contribution >= 4 is 44.9 Å². The molecule has 0 bridgehead atoms. The highest BCUT2D eigenvalue weighted by atomic mass is 35.5. The van der Waals surface area contributed by atoms with Crippen LogP contribution in [0.15, 0.2) is 24.3 Å². The molecule has 1 aromatic heterocycles. The molecule has 10 heteroatoms. The summed E-state index contributed by atoms with van der Waals surface area (Å²) in [5.74, 6) is -5.65. The first-order valence-corrected chi connectivity index (χ1v) is 8.48. The molecule has 0 saturated carbocycles. The van der Waals surface area contributed by atoms with E-state index in [4.69, 9.17) is 22.1 Å². The Hall–Kier alpha value is -2.91. The van der Waals surface area contributed by atoms with Crippen molar-refractivity contribution in [2.75, 3.05) is 0 Å². The van der Waals surface area contributed by atoms with E-state index in [0.29, 0.717) is 12.1 Å². The molecule has 1 heterocycles.